The summed E-state index contributed by atoms with van der Waals surface area (Å²) in [6, 6.07) is 0.872. The number of aromatic carboxylic acids is 1. The van der Waals surface area contributed by atoms with Gasteiger partial charge in [-0.1, -0.05) is 5.92 Å². The van der Waals surface area contributed by atoms with Gasteiger partial charge in [0, 0.05) is 6.07 Å². The molecule has 1 aromatic heterocycles. The quantitative estimate of drug-likeness (QED) is 0.493. The SMILES string of the molecule is C#CC(C)(C)Oc1ncc([N+](=O)[O-])cc1C(=O)O. The number of carbonyl (C=O) groups is 1. The molecule has 18 heavy (non-hydrogen) atoms. The average Bonchev–Trinajstić information content (AvgIpc) is 2.28. The molecule has 94 valence electrons. The first-order valence-corrected chi connectivity index (χ1v) is 4.81. The molecule has 1 aromatic rings. The van der Waals surface area contributed by atoms with Crippen molar-refractivity contribution >= 4 is 11.7 Å². The van der Waals surface area contributed by atoms with Gasteiger partial charge in [-0.2, -0.15) is 0 Å². The van der Waals surface area contributed by atoms with E-state index in [0.29, 0.717) is 0 Å². The molecule has 0 fully saturated rings. The smallest absolute Gasteiger partial charge is 0.341 e. The lowest BCUT2D eigenvalue weighted by Gasteiger charge is -2.19. The van der Waals surface area contributed by atoms with Gasteiger partial charge >= 0.3 is 5.97 Å². The zero-order valence-corrected chi connectivity index (χ0v) is 9.71. The Morgan fingerprint density at radius 3 is 2.72 bits per heavy atom. The number of aromatic nitrogens is 1. The van der Waals surface area contributed by atoms with E-state index < -0.39 is 27.7 Å². The van der Waals surface area contributed by atoms with Crippen molar-refractivity contribution in [2.45, 2.75) is 19.4 Å². The molecule has 1 rings (SSSR count). The number of terminal acetylenes is 1. The maximum Gasteiger partial charge on any atom is 0.341 e. The summed E-state index contributed by atoms with van der Waals surface area (Å²) in [4.78, 5) is 24.4. The molecule has 0 saturated heterocycles. The fraction of sp³-hybridized carbons (Fsp3) is 0.273. The van der Waals surface area contributed by atoms with Crippen molar-refractivity contribution in [2.75, 3.05) is 0 Å². The third-order valence-corrected chi connectivity index (χ3v) is 1.98. The highest BCUT2D eigenvalue weighted by atomic mass is 16.6. The lowest BCUT2D eigenvalue weighted by Crippen LogP contribution is -2.27. The fourth-order valence-corrected chi connectivity index (χ4v) is 1.05. The van der Waals surface area contributed by atoms with Crippen molar-refractivity contribution < 1.29 is 19.6 Å². The van der Waals surface area contributed by atoms with Crippen LogP contribution in [0.25, 0.3) is 0 Å². The summed E-state index contributed by atoms with van der Waals surface area (Å²) in [5.41, 5.74) is -1.90. The third-order valence-electron chi connectivity index (χ3n) is 1.98. The van der Waals surface area contributed by atoms with E-state index in [1.165, 1.54) is 0 Å². The fourth-order valence-electron chi connectivity index (χ4n) is 1.05. The van der Waals surface area contributed by atoms with E-state index in [2.05, 4.69) is 10.9 Å². The summed E-state index contributed by atoms with van der Waals surface area (Å²) in [5.74, 6) is 0.670. The van der Waals surface area contributed by atoms with Crippen molar-refractivity contribution in [3.63, 3.8) is 0 Å². The second-order valence-electron chi connectivity index (χ2n) is 3.87. The van der Waals surface area contributed by atoms with Crippen molar-refractivity contribution in [1.82, 2.24) is 4.98 Å². The minimum absolute atomic E-state index is 0.254. The van der Waals surface area contributed by atoms with E-state index >= 15 is 0 Å². The number of ether oxygens (including phenoxy) is 1. The predicted octanol–water partition coefficient (Wildman–Crippen LogP) is 1.48. The standard InChI is InChI=1S/C11H10N2O5/c1-4-11(2,3)18-9-8(10(14)15)5-7(6-12-9)13(16)17/h1,5-6H,2-3H3,(H,14,15). The highest BCUT2D eigenvalue weighted by Crippen LogP contribution is 2.24. The second kappa shape index (κ2) is 4.71. The molecule has 0 aliphatic rings. The second-order valence-corrected chi connectivity index (χ2v) is 3.87. The molecule has 7 nitrogen and oxygen atoms in total. The maximum absolute atomic E-state index is 11.0. The van der Waals surface area contributed by atoms with E-state index in [4.69, 9.17) is 16.3 Å². The van der Waals surface area contributed by atoms with Gasteiger partial charge in [-0.25, -0.2) is 9.78 Å². The molecule has 0 unspecified atom stereocenters. The zero-order chi connectivity index (χ0) is 13.9. The van der Waals surface area contributed by atoms with Gasteiger partial charge in [-0.3, -0.25) is 10.1 Å². The average molecular weight is 250 g/mol. The Morgan fingerprint density at radius 2 is 2.28 bits per heavy atom. The number of nitrogens with zero attached hydrogens (tertiary/aromatic N) is 2. The minimum atomic E-state index is -1.38. The summed E-state index contributed by atoms with van der Waals surface area (Å²) >= 11 is 0. The summed E-state index contributed by atoms with van der Waals surface area (Å²) < 4.78 is 5.23. The normalized spacial score (nSPS) is 10.5. The lowest BCUT2D eigenvalue weighted by molar-refractivity contribution is -0.385. The number of hydrogen-bond donors (Lipinski definition) is 1. The Bertz CT molecular complexity index is 545. The lowest BCUT2D eigenvalue weighted by atomic mass is 10.1. The first-order chi connectivity index (χ1) is 8.26. The zero-order valence-electron chi connectivity index (χ0n) is 9.71. The van der Waals surface area contributed by atoms with Crippen LogP contribution >= 0.6 is 0 Å². The molecular weight excluding hydrogens is 240 g/mol. The first-order valence-electron chi connectivity index (χ1n) is 4.81. The van der Waals surface area contributed by atoms with Crippen LogP contribution in [0.4, 0.5) is 5.69 Å². The molecule has 0 amide bonds. The van der Waals surface area contributed by atoms with Crippen LogP contribution in [0.3, 0.4) is 0 Å². The van der Waals surface area contributed by atoms with Crippen LogP contribution in [0.5, 0.6) is 5.88 Å². The Kier molecular flexibility index (Phi) is 3.52. The number of carboxylic acid groups (broad SMARTS) is 1. The molecule has 1 heterocycles. The van der Waals surface area contributed by atoms with Crippen LogP contribution < -0.4 is 4.74 Å². The van der Waals surface area contributed by atoms with E-state index in [1.807, 2.05) is 0 Å². The first kappa shape index (κ1) is 13.4. The van der Waals surface area contributed by atoms with Gasteiger partial charge in [0.05, 0.1) is 4.92 Å². The van der Waals surface area contributed by atoms with Crippen LogP contribution in [0.2, 0.25) is 0 Å². The molecule has 0 bridgehead atoms. The van der Waals surface area contributed by atoms with E-state index in [-0.39, 0.29) is 5.88 Å². The Morgan fingerprint density at radius 1 is 1.67 bits per heavy atom. The monoisotopic (exact) mass is 250 g/mol. The van der Waals surface area contributed by atoms with Crippen LogP contribution in [-0.4, -0.2) is 26.6 Å². The molecule has 0 saturated carbocycles. The molecular formula is C11H10N2O5. The number of pyridine rings is 1. The topological polar surface area (TPSA) is 103 Å². The summed E-state index contributed by atoms with van der Waals surface area (Å²) in [6.45, 7) is 3.09. The summed E-state index contributed by atoms with van der Waals surface area (Å²) in [7, 11) is 0. The minimum Gasteiger partial charge on any atom is -0.477 e. The molecule has 0 radical (unpaired) electrons. The Balaban J connectivity index is 3.25. The van der Waals surface area contributed by atoms with Crippen LogP contribution in [0.15, 0.2) is 12.3 Å². The maximum atomic E-state index is 11.0. The largest absolute Gasteiger partial charge is 0.477 e. The third kappa shape index (κ3) is 2.95. The Hall–Kier alpha value is -2.62. The van der Waals surface area contributed by atoms with Gasteiger partial charge < -0.3 is 9.84 Å². The number of nitro groups is 1. The van der Waals surface area contributed by atoms with Gasteiger partial charge in [0.25, 0.3) is 5.69 Å². The van der Waals surface area contributed by atoms with E-state index in [1.54, 1.807) is 13.8 Å². The van der Waals surface area contributed by atoms with Crippen molar-refractivity contribution in [3.05, 3.63) is 27.9 Å². The highest BCUT2D eigenvalue weighted by Gasteiger charge is 2.24. The molecule has 1 N–H and O–H groups in total. The molecule has 0 spiro atoms. The van der Waals surface area contributed by atoms with Crippen molar-refractivity contribution in [3.8, 4) is 18.2 Å². The molecule has 0 atom stereocenters. The number of hydrogen-bond acceptors (Lipinski definition) is 5. The summed E-state index contributed by atoms with van der Waals surface area (Å²) in [6.07, 6.45) is 6.11. The van der Waals surface area contributed by atoms with E-state index in [0.717, 1.165) is 12.3 Å². The number of carboxylic acids is 1. The molecule has 0 aromatic carbocycles. The van der Waals surface area contributed by atoms with E-state index in [9.17, 15) is 14.9 Å². The molecule has 0 aliphatic carbocycles. The van der Waals surface area contributed by atoms with Crippen LogP contribution in [-0.2, 0) is 0 Å². The van der Waals surface area contributed by atoms with Gasteiger partial charge in [0.2, 0.25) is 5.88 Å². The van der Waals surface area contributed by atoms with Gasteiger partial charge in [-0.15, -0.1) is 6.42 Å². The van der Waals surface area contributed by atoms with Gasteiger partial charge in [-0.05, 0) is 13.8 Å². The molecule has 0 aliphatic heterocycles. The van der Waals surface area contributed by atoms with Crippen molar-refractivity contribution in [2.24, 2.45) is 0 Å². The van der Waals surface area contributed by atoms with Crippen LogP contribution in [0, 0.1) is 22.5 Å². The van der Waals surface area contributed by atoms with Crippen LogP contribution in [0.1, 0.15) is 24.2 Å². The number of rotatable bonds is 4. The Labute approximate surface area is 103 Å². The van der Waals surface area contributed by atoms with Crippen molar-refractivity contribution in [1.29, 1.82) is 0 Å². The predicted molar refractivity (Wildman–Crippen MR) is 61.4 cm³/mol. The summed E-state index contributed by atoms with van der Waals surface area (Å²) in [5, 5.41) is 19.5. The van der Waals surface area contributed by atoms with Gasteiger partial charge in [0.1, 0.15) is 11.8 Å². The molecule has 7 heteroatoms. The van der Waals surface area contributed by atoms with Gasteiger partial charge in [0.15, 0.2) is 5.60 Å². The highest BCUT2D eigenvalue weighted by molar-refractivity contribution is 5.90.